The SMILES string of the molecule is CC[C@@]1(OC(=O)/C=C/c2ccc(OC)cc2)C(=O)OCc2c1cc1n(c2=O)Cc2cc3ccccc3nc2-1. The fourth-order valence-corrected chi connectivity index (χ4v) is 5.17. The standard InChI is InChI=1S/C30H24N2O6/c1-3-30(38-26(33)13-10-18-8-11-21(36-2)12-9-18)23-15-25-27-20(14-19-6-4-5-7-24(19)31-27)16-32(25)28(34)22(23)17-37-29(30)35/h4-15H,3,16-17H2,1-2H3/b13-10+/t30-/m0/s1. The van der Waals surface area contributed by atoms with E-state index < -0.39 is 17.5 Å². The van der Waals surface area contributed by atoms with Crippen LogP contribution in [-0.4, -0.2) is 28.6 Å². The fourth-order valence-electron chi connectivity index (χ4n) is 5.17. The van der Waals surface area contributed by atoms with E-state index in [-0.39, 0.29) is 18.6 Å². The second-order valence-corrected chi connectivity index (χ2v) is 9.29. The minimum atomic E-state index is -1.75. The van der Waals surface area contributed by atoms with E-state index in [1.54, 1.807) is 55.0 Å². The molecule has 2 aliphatic rings. The number of carbonyl (C=O) groups excluding carboxylic acids is 2. The monoisotopic (exact) mass is 508 g/mol. The van der Waals surface area contributed by atoms with E-state index in [1.807, 2.05) is 30.3 Å². The van der Waals surface area contributed by atoms with Crippen LogP contribution in [-0.2, 0) is 37.8 Å². The van der Waals surface area contributed by atoms with Crippen molar-refractivity contribution in [3.05, 3.63) is 99.3 Å². The topological polar surface area (TPSA) is 96.7 Å². The largest absolute Gasteiger partial charge is 0.497 e. The van der Waals surface area contributed by atoms with E-state index in [4.69, 9.17) is 19.2 Å². The Hall–Kier alpha value is -4.72. The Balaban J connectivity index is 1.41. The Morgan fingerprint density at radius 3 is 2.68 bits per heavy atom. The molecule has 190 valence electrons. The van der Waals surface area contributed by atoms with Crippen molar-refractivity contribution in [1.82, 2.24) is 9.55 Å². The average molecular weight is 509 g/mol. The number of ether oxygens (including phenoxy) is 3. The summed E-state index contributed by atoms with van der Waals surface area (Å²) >= 11 is 0. The summed E-state index contributed by atoms with van der Waals surface area (Å²) in [5.41, 5.74) is 2.37. The number of pyridine rings is 2. The summed E-state index contributed by atoms with van der Waals surface area (Å²) in [6.45, 7) is 1.91. The molecule has 0 N–H and O–H groups in total. The summed E-state index contributed by atoms with van der Waals surface area (Å²) in [7, 11) is 1.57. The van der Waals surface area contributed by atoms with Gasteiger partial charge in [-0.05, 0) is 48.4 Å². The lowest BCUT2D eigenvalue weighted by Gasteiger charge is -2.35. The molecule has 0 amide bonds. The van der Waals surface area contributed by atoms with Crippen LogP contribution in [0.3, 0.4) is 0 Å². The molecule has 4 aromatic rings. The molecule has 2 aromatic heterocycles. The van der Waals surface area contributed by atoms with Crippen molar-refractivity contribution in [2.45, 2.75) is 32.1 Å². The number of esters is 2. The highest BCUT2D eigenvalue weighted by atomic mass is 16.6. The maximum atomic E-state index is 13.6. The summed E-state index contributed by atoms with van der Waals surface area (Å²) in [4.78, 5) is 44.5. The molecule has 4 heterocycles. The third kappa shape index (κ3) is 3.68. The van der Waals surface area contributed by atoms with E-state index in [0.29, 0.717) is 34.8 Å². The van der Waals surface area contributed by atoms with Crippen LogP contribution in [0.25, 0.3) is 28.4 Å². The Bertz CT molecular complexity index is 1700. The van der Waals surface area contributed by atoms with E-state index in [0.717, 1.165) is 22.0 Å². The first kappa shape index (κ1) is 23.7. The first-order valence-electron chi connectivity index (χ1n) is 12.3. The molecule has 38 heavy (non-hydrogen) atoms. The number of nitrogens with zero attached hydrogens (tertiary/aromatic N) is 2. The molecule has 0 saturated carbocycles. The van der Waals surface area contributed by atoms with Crippen LogP contribution >= 0.6 is 0 Å². The first-order chi connectivity index (χ1) is 18.4. The van der Waals surface area contributed by atoms with E-state index >= 15 is 0 Å². The zero-order valence-electron chi connectivity index (χ0n) is 20.9. The molecule has 2 aromatic carbocycles. The zero-order chi connectivity index (χ0) is 26.4. The molecule has 0 aliphatic carbocycles. The molecule has 1 atom stereocenters. The van der Waals surface area contributed by atoms with Gasteiger partial charge < -0.3 is 18.8 Å². The van der Waals surface area contributed by atoms with Crippen LogP contribution in [0.1, 0.15) is 35.6 Å². The van der Waals surface area contributed by atoms with Crippen molar-refractivity contribution < 1.29 is 23.8 Å². The predicted molar refractivity (Wildman–Crippen MR) is 140 cm³/mol. The molecule has 8 nitrogen and oxygen atoms in total. The summed E-state index contributed by atoms with van der Waals surface area (Å²) in [5, 5.41) is 0.982. The summed E-state index contributed by atoms with van der Waals surface area (Å²) in [5.74, 6) is -0.732. The van der Waals surface area contributed by atoms with Gasteiger partial charge >= 0.3 is 11.9 Å². The Morgan fingerprint density at radius 1 is 1.13 bits per heavy atom. The highest BCUT2D eigenvalue weighted by molar-refractivity contribution is 5.92. The quantitative estimate of drug-likeness (QED) is 0.257. The third-order valence-electron chi connectivity index (χ3n) is 7.19. The summed E-state index contributed by atoms with van der Waals surface area (Å²) < 4.78 is 18.0. The average Bonchev–Trinajstić information content (AvgIpc) is 3.30. The Kier molecular flexibility index (Phi) is 5.60. The van der Waals surface area contributed by atoms with E-state index in [9.17, 15) is 14.4 Å². The number of benzene rings is 2. The van der Waals surface area contributed by atoms with Gasteiger partial charge in [-0.15, -0.1) is 0 Å². The molecule has 8 heteroatoms. The summed E-state index contributed by atoms with van der Waals surface area (Å²) in [6.07, 6.45) is 2.94. The highest BCUT2D eigenvalue weighted by Crippen LogP contribution is 2.41. The molecule has 0 unspecified atom stereocenters. The predicted octanol–water partition coefficient (Wildman–Crippen LogP) is 4.35. The number of para-hydroxylation sites is 1. The van der Waals surface area contributed by atoms with Gasteiger partial charge in [0.05, 0.1) is 36.1 Å². The molecule has 0 spiro atoms. The van der Waals surface area contributed by atoms with Gasteiger partial charge in [0.25, 0.3) is 5.56 Å². The number of hydrogen-bond donors (Lipinski definition) is 0. The van der Waals surface area contributed by atoms with Crippen molar-refractivity contribution in [3.8, 4) is 17.1 Å². The van der Waals surface area contributed by atoms with Crippen LogP contribution in [0.5, 0.6) is 5.75 Å². The second kappa shape index (κ2) is 8.99. The summed E-state index contributed by atoms with van der Waals surface area (Å²) in [6, 6.07) is 18.7. The molecule has 0 radical (unpaired) electrons. The molecular formula is C30H24N2O6. The normalized spacial score (nSPS) is 17.6. The lowest BCUT2D eigenvalue weighted by Crippen LogP contribution is -2.47. The lowest BCUT2D eigenvalue weighted by molar-refractivity contribution is -0.186. The van der Waals surface area contributed by atoms with Crippen molar-refractivity contribution in [1.29, 1.82) is 0 Å². The van der Waals surface area contributed by atoms with Gasteiger partial charge in [-0.1, -0.05) is 37.3 Å². The number of hydrogen-bond acceptors (Lipinski definition) is 7. The van der Waals surface area contributed by atoms with Crippen LogP contribution in [0.15, 0.2) is 71.5 Å². The van der Waals surface area contributed by atoms with Gasteiger partial charge in [0.1, 0.15) is 12.4 Å². The van der Waals surface area contributed by atoms with Gasteiger partial charge in [0.15, 0.2) is 0 Å². The van der Waals surface area contributed by atoms with Crippen LogP contribution in [0.2, 0.25) is 0 Å². The fraction of sp³-hybridized carbons (Fsp3) is 0.200. The van der Waals surface area contributed by atoms with Gasteiger partial charge in [-0.2, -0.15) is 0 Å². The number of carbonyl (C=O) groups is 2. The minimum Gasteiger partial charge on any atom is -0.497 e. The zero-order valence-corrected chi connectivity index (χ0v) is 20.9. The maximum Gasteiger partial charge on any atom is 0.355 e. The molecule has 0 bridgehead atoms. The Morgan fingerprint density at radius 2 is 1.92 bits per heavy atom. The van der Waals surface area contributed by atoms with Crippen LogP contribution in [0.4, 0.5) is 0 Å². The van der Waals surface area contributed by atoms with Crippen LogP contribution in [0, 0.1) is 0 Å². The first-order valence-corrected chi connectivity index (χ1v) is 12.3. The van der Waals surface area contributed by atoms with Gasteiger partial charge in [0, 0.05) is 22.6 Å². The number of fused-ring (bicyclic) bond motifs is 5. The van der Waals surface area contributed by atoms with Crippen LogP contribution < -0.4 is 10.3 Å². The second-order valence-electron chi connectivity index (χ2n) is 9.29. The number of cyclic esters (lactones) is 1. The van der Waals surface area contributed by atoms with Gasteiger partial charge in [-0.3, -0.25) is 4.79 Å². The maximum absolute atomic E-state index is 13.6. The minimum absolute atomic E-state index is 0.0991. The van der Waals surface area contributed by atoms with Gasteiger partial charge in [0.2, 0.25) is 5.60 Å². The molecular weight excluding hydrogens is 484 g/mol. The Labute approximate surface area is 218 Å². The lowest BCUT2D eigenvalue weighted by atomic mass is 9.85. The van der Waals surface area contributed by atoms with E-state index in [2.05, 4.69) is 0 Å². The van der Waals surface area contributed by atoms with E-state index in [1.165, 1.54) is 6.08 Å². The van der Waals surface area contributed by atoms with Crippen molar-refractivity contribution in [2.75, 3.05) is 7.11 Å². The number of methoxy groups -OCH3 is 1. The van der Waals surface area contributed by atoms with Crippen molar-refractivity contribution in [2.24, 2.45) is 0 Å². The van der Waals surface area contributed by atoms with Crippen molar-refractivity contribution in [3.63, 3.8) is 0 Å². The number of aromatic nitrogens is 2. The third-order valence-corrected chi connectivity index (χ3v) is 7.19. The molecule has 0 saturated heterocycles. The number of rotatable bonds is 5. The molecule has 0 fully saturated rings. The molecule has 6 rings (SSSR count). The molecule has 2 aliphatic heterocycles. The van der Waals surface area contributed by atoms with Crippen molar-refractivity contribution >= 4 is 28.9 Å². The highest BCUT2D eigenvalue weighted by Gasteiger charge is 2.50. The van der Waals surface area contributed by atoms with Gasteiger partial charge in [-0.25, -0.2) is 14.6 Å². The smallest absolute Gasteiger partial charge is 0.355 e.